The molecule has 4 aromatic rings. The predicted molar refractivity (Wildman–Crippen MR) is 115 cm³/mol. The number of hydrogen-bond acceptors (Lipinski definition) is 5. The van der Waals surface area contributed by atoms with Crippen LogP contribution in [0.1, 0.15) is 5.56 Å². The van der Waals surface area contributed by atoms with Crippen LogP contribution in [0, 0.1) is 0 Å². The van der Waals surface area contributed by atoms with Crippen LogP contribution in [0.2, 0.25) is 0 Å². The molecule has 6 nitrogen and oxygen atoms in total. The number of anilines is 2. The minimum absolute atomic E-state index is 0.123. The van der Waals surface area contributed by atoms with Crippen LogP contribution in [0.5, 0.6) is 0 Å². The van der Waals surface area contributed by atoms with E-state index in [0.29, 0.717) is 16.9 Å². The van der Waals surface area contributed by atoms with Gasteiger partial charge in [0.2, 0.25) is 5.91 Å². The number of amides is 1. The Morgan fingerprint density at radius 3 is 2.72 bits per heavy atom. The van der Waals surface area contributed by atoms with Crippen molar-refractivity contribution in [1.29, 1.82) is 0 Å². The number of aromatic nitrogens is 1. The Morgan fingerprint density at radius 1 is 1.00 bits per heavy atom. The van der Waals surface area contributed by atoms with Crippen molar-refractivity contribution in [2.75, 3.05) is 10.0 Å². The molecule has 0 saturated heterocycles. The number of rotatable bonds is 4. The molecule has 0 spiro atoms. The second-order valence-corrected chi connectivity index (χ2v) is 9.43. The van der Waals surface area contributed by atoms with Crippen molar-refractivity contribution in [3.8, 4) is 10.6 Å². The molecule has 1 amide bonds. The molecule has 144 valence electrons. The van der Waals surface area contributed by atoms with Gasteiger partial charge in [-0.2, -0.15) is 0 Å². The van der Waals surface area contributed by atoms with Gasteiger partial charge in [-0.25, -0.2) is 13.4 Å². The number of fused-ring (bicyclic) bond motifs is 2. The average Bonchev–Trinajstić information content (AvgIpc) is 3.29. The molecule has 0 unspecified atom stereocenters. The van der Waals surface area contributed by atoms with Crippen molar-refractivity contribution in [3.05, 3.63) is 72.3 Å². The topological polar surface area (TPSA) is 88.2 Å². The number of nitrogens with zero attached hydrogens (tertiary/aromatic N) is 1. The summed E-state index contributed by atoms with van der Waals surface area (Å²) >= 11 is 1.56. The lowest BCUT2D eigenvalue weighted by Gasteiger charge is -2.10. The lowest BCUT2D eigenvalue weighted by Crippen LogP contribution is -2.13. The quantitative estimate of drug-likeness (QED) is 0.515. The normalized spacial score (nSPS) is 13.3. The lowest BCUT2D eigenvalue weighted by molar-refractivity contribution is -0.115. The van der Waals surface area contributed by atoms with Gasteiger partial charge in [0.1, 0.15) is 5.01 Å². The van der Waals surface area contributed by atoms with Crippen molar-refractivity contribution < 1.29 is 13.2 Å². The van der Waals surface area contributed by atoms with Crippen molar-refractivity contribution in [1.82, 2.24) is 4.98 Å². The molecule has 1 aromatic heterocycles. The Labute approximate surface area is 171 Å². The summed E-state index contributed by atoms with van der Waals surface area (Å²) in [7, 11) is -3.78. The van der Waals surface area contributed by atoms with E-state index in [1.807, 2.05) is 30.3 Å². The molecule has 0 saturated carbocycles. The number of carbonyl (C=O) groups is 1. The van der Waals surface area contributed by atoms with Crippen LogP contribution in [0.25, 0.3) is 20.8 Å². The molecule has 3 aromatic carbocycles. The molecule has 0 aliphatic carbocycles. The highest BCUT2D eigenvalue weighted by molar-refractivity contribution is 7.92. The summed E-state index contributed by atoms with van der Waals surface area (Å²) in [5.74, 6) is -0.133. The van der Waals surface area contributed by atoms with Crippen LogP contribution in [0.4, 0.5) is 11.4 Å². The van der Waals surface area contributed by atoms with E-state index in [1.54, 1.807) is 35.6 Å². The van der Waals surface area contributed by atoms with Crippen molar-refractivity contribution in [3.63, 3.8) is 0 Å². The number of para-hydroxylation sites is 1. The highest BCUT2D eigenvalue weighted by Crippen LogP contribution is 2.32. The zero-order valence-corrected chi connectivity index (χ0v) is 16.7. The summed E-state index contributed by atoms with van der Waals surface area (Å²) in [6.45, 7) is 0. The van der Waals surface area contributed by atoms with Crippen molar-refractivity contribution >= 4 is 48.9 Å². The van der Waals surface area contributed by atoms with Crippen LogP contribution >= 0.6 is 11.3 Å². The minimum atomic E-state index is -3.78. The second kappa shape index (κ2) is 6.68. The molecule has 29 heavy (non-hydrogen) atoms. The maximum atomic E-state index is 12.8. The summed E-state index contributed by atoms with van der Waals surface area (Å²) in [5.41, 5.74) is 3.55. The lowest BCUT2D eigenvalue weighted by atomic mass is 10.2. The van der Waals surface area contributed by atoms with Gasteiger partial charge >= 0.3 is 0 Å². The van der Waals surface area contributed by atoms with Crippen molar-refractivity contribution in [2.45, 2.75) is 11.3 Å². The molecule has 2 heterocycles. The molecular formula is C21H15N3O3S2. The first-order valence-electron chi connectivity index (χ1n) is 8.90. The Hall–Kier alpha value is -3.23. The first-order valence-corrected chi connectivity index (χ1v) is 11.2. The van der Waals surface area contributed by atoms with Crippen LogP contribution in [0.15, 0.2) is 71.6 Å². The molecule has 0 radical (unpaired) electrons. The fourth-order valence-electron chi connectivity index (χ4n) is 3.30. The van der Waals surface area contributed by atoms with E-state index < -0.39 is 10.0 Å². The van der Waals surface area contributed by atoms with E-state index in [0.717, 1.165) is 20.8 Å². The maximum absolute atomic E-state index is 12.8. The summed E-state index contributed by atoms with van der Waals surface area (Å²) in [6.07, 6.45) is 0.186. The molecule has 8 heteroatoms. The molecule has 0 atom stereocenters. The SMILES string of the molecule is O=C1Cc2cc(S(=O)(=O)Nc3cccc(-c4nc5ccccc5s4)c3)ccc2N1. The van der Waals surface area contributed by atoms with Gasteiger partial charge in [-0.15, -0.1) is 11.3 Å². The Kier molecular flexibility index (Phi) is 4.11. The zero-order valence-electron chi connectivity index (χ0n) is 15.0. The maximum Gasteiger partial charge on any atom is 0.261 e. The Morgan fingerprint density at radius 2 is 1.86 bits per heavy atom. The summed E-state index contributed by atoms with van der Waals surface area (Å²) in [6, 6.07) is 19.7. The third kappa shape index (κ3) is 3.37. The van der Waals surface area contributed by atoms with Crippen LogP contribution in [-0.4, -0.2) is 19.3 Å². The first-order chi connectivity index (χ1) is 14.0. The molecular weight excluding hydrogens is 406 g/mol. The molecule has 1 aliphatic rings. The van der Waals surface area contributed by atoms with Crippen LogP contribution in [0.3, 0.4) is 0 Å². The average molecular weight is 422 g/mol. The number of carbonyl (C=O) groups excluding carboxylic acids is 1. The highest BCUT2D eigenvalue weighted by atomic mass is 32.2. The third-order valence-electron chi connectivity index (χ3n) is 4.67. The van der Waals surface area contributed by atoms with Gasteiger partial charge in [-0.05, 0) is 48.0 Å². The Bertz CT molecular complexity index is 1340. The van der Waals surface area contributed by atoms with E-state index in [9.17, 15) is 13.2 Å². The number of hydrogen-bond donors (Lipinski definition) is 2. The molecule has 5 rings (SSSR count). The number of sulfonamides is 1. The summed E-state index contributed by atoms with van der Waals surface area (Å²) in [4.78, 5) is 16.3. The van der Waals surface area contributed by atoms with E-state index in [2.05, 4.69) is 15.0 Å². The number of nitrogens with one attached hydrogen (secondary N) is 2. The Balaban J connectivity index is 1.45. The molecule has 1 aliphatic heterocycles. The summed E-state index contributed by atoms with van der Waals surface area (Å²) in [5, 5.41) is 3.53. The molecule has 0 fully saturated rings. The highest BCUT2D eigenvalue weighted by Gasteiger charge is 2.22. The fraction of sp³-hybridized carbons (Fsp3) is 0.0476. The van der Waals surface area contributed by atoms with Gasteiger partial charge in [0.25, 0.3) is 10.0 Å². The number of benzene rings is 3. The molecule has 0 bridgehead atoms. The van der Waals surface area contributed by atoms with Crippen LogP contribution < -0.4 is 10.0 Å². The monoisotopic (exact) mass is 421 g/mol. The fourth-order valence-corrected chi connectivity index (χ4v) is 5.36. The minimum Gasteiger partial charge on any atom is -0.326 e. The largest absolute Gasteiger partial charge is 0.326 e. The van der Waals surface area contributed by atoms with E-state index >= 15 is 0 Å². The van der Waals surface area contributed by atoms with Gasteiger partial charge in [0.15, 0.2) is 0 Å². The zero-order chi connectivity index (χ0) is 20.0. The predicted octanol–water partition coefficient (Wildman–Crippen LogP) is 4.26. The van der Waals surface area contributed by atoms with E-state index in [-0.39, 0.29) is 17.2 Å². The smallest absolute Gasteiger partial charge is 0.261 e. The van der Waals surface area contributed by atoms with E-state index in [1.165, 1.54) is 12.1 Å². The van der Waals surface area contributed by atoms with Crippen molar-refractivity contribution in [2.24, 2.45) is 0 Å². The van der Waals surface area contributed by atoms with Gasteiger partial charge < -0.3 is 5.32 Å². The van der Waals surface area contributed by atoms with Crippen LogP contribution in [-0.2, 0) is 21.2 Å². The summed E-state index contributed by atoms with van der Waals surface area (Å²) < 4.78 is 29.4. The van der Waals surface area contributed by atoms with Gasteiger partial charge in [0.05, 0.1) is 21.5 Å². The van der Waals surface area contributed by atoms with Gasteiger partial charge in [-0.1, -0.05) is 24.3 Å². The number of thiazole rings is 1. The van der Waals surface area contributed by atoms with Gasteiger partial charge in [0, 0.05) is 16.9 Å². The third-order valence-corrected chi connectivity index (χ3v) is 7.13. The van der Waals surface area contributed by atoms with E-state index in [4.69, 9.17) is 0 Å². The molecule has 2 N–H and O–H groups in total. The van der Waals surface area contributed by atoms with Gasteiger partial charge in [-0.3, -0.25) is 9.52 Å². The standard InChI is InChI=1S/C21H15N3O3S2/c25-20-12-14-11-16(8-9-17(14)22-20)29(26,27)24-15-5-3-4-13(10-15)21-23-18-6-1-2-7-19(18)28-21/h1-11,24H,12H2,(H,22,25). The first kappa shape index (κ1) is 17.8. The second-order valence-electron chi connectivity index (χ2n) is 6.72.